The van der Waals surface area contributed by atoms with E-state index in [2.05, 4.69) is 48.8 Å². The molecule has 0 bridgehead atoms. The van der Waals surface area contributed by atoms with Crippen molar-refractivity contribution in [3.05, 3.63) is 52.6 Å². The van der Waals surface area contributed by atoms with Crippen molar-refractivity contribution in [3.8, 4) is 0 Å². The number of nitrogens with one attached hydrogen (secondary N) is 1. The highest BCUT2D eigenvalue weighted by Crippen LogP contribution is 2.37. The predicted molar refractivity (Wildman–Crippen MR) is 130 cm³/mol. The molecule has 184 valence electrons. The number of aromatic amines is 1. The molecule has 11 heteroatoms. The number of pyridine rings is 1. The number of hydrogen-bond acceptors (Lipinski definition) is 4. The summed E-state index contributed by atoms with van der Waals surface area (Å²) < 4.78 is 45.5. The van der Waals surface area contributed by atoms with Gasteiger partial charge in [-0.15, -0.1) is 0 Å². The highest BCUT2D eigenvalue weighted by molar-refractivity contribution is 6.74. The Morgan fingerprint density at radius 2 is 1.88 bits per heavy atom. The lowest BCUT2D eigenvalue weighted by Crippen LogP contribution is -2.44. The summed E-state index contributed by atoms with van der Waals surface area (Å²) in [5.74, 6) is -0.600. The van der Waals surface area contributed by atoms with Gasteiger partial charge in [0, 0.05) is 12.7 Å². The average Bonchev–Trinajstić information content (AvgIpc) is 3.15. The summed E-state index contributed by atoms with van der Waals surface area (Å²) in [6, 6.07) is 3.13. The van der Waals surface area contributed by atoms with Gasteiger partial charge in [0.2, 0.25) is 0 Å². The van der Waals surface area contributed by atoms with Gasteiger partial charge in [-0.05, 0) is 48.8 Å². The van der Waals surface area contributed by atoms with Gasteiger partial charge in [-0.25, -0.2) is 4.98 Å². The molecule has 0 radical (unpaired) electrons. The Balaban J connectivity index is 1.95. The Hall–Kier alpha value is -2.43. The van der Waals surface area contributed by atoms with E-state index in [9.17, 15) is 18.0 Å². The molecule has 0 aliphatic carbocycles. The van der Waals surface area contributed by atoms with Crippen LogP contribution in [0.25, 0.3) is 11.0 Å². The number of carbonyl (C=O) groups is 1. The molecule has 34 heavy (non-hydrogen) atoms. The molecule has 3 rings (SSSR count). The maximum atomic E-state index is 13.5. The normalized spacial score (nSPS) is 12.9. The molecule has 0 aliphatic heterocycles. The van der Waals surface area contributed by atoms with Gasteiger partial charge in [-0.1, -0.05) is 32.4 Å². The summed E-state index contributed by atoms with van der Waals surface area (Å²) >= 11 is 6.24. The maximum Gasteiger partial charge on any atom is 0.416 e. The summed E-state index contributed by atoms with van der Waals surface area (Å²) in [6.07, 6.45) is -1.50. The second-order valence-electron chi connectivity index (χ2n) is 9.65. The van der Waals surface area contributed by atoms with Crippen molar-refractivity contribution in [1.29, 1.82) is 0 Å². The van der Waals surface area contributed by atoms with Crippen molar-refractivity contribution in [2.45, 2.75) is 52.0 Å². The van der Waals surface area contributed by atoms with Gasteiger partial charge in [0.1, 0.15) is 0 Å². The van der Waals surface area contributed by atoms with Crippen LogP contribution in [0.3, 0.4) is 0 Å². The number of halogens is 4. The van der Waals surface area contributed by atoms with E-state index in [0.717, 1.165) is 12.1 Å². The van der Waals surface area contributed by atoms with Crippen LogP contribution in [0, 0.1) is 6.92 Å². The van der Waals surface area contributed by atoms with E-state index in [4.69, 9.17) is 16.0 Å². The van der Waals surface area contributed by atoms with E-state index in [-0.39, 0.29) is 29.5 Å². The number of amides is 1. The first kappa shape index (κ1) is 26.2. The Morgan fingerprint density at radius 3 is 2.50 bits per heavy atom. The minimum absolute atomic E-state index is 0.00963. The third-order valence-corrected chi connectivity index (χ3v) is 11.2. The molecular formula is C23H28ClF3N4O2Si. The van der Waals surface area contributed by atoms with Crippen molar-refractivity contribution < 1.29 is 22.4 Å². The second-order valence-corrected chi connectivity index (χ2v) is 14.9. The van der Waals surface area contributed by atoms with E-state index < -0.39 is 26.0 Å². The first-order valence-electron chi connectivity index (χ1n) is 10.7. The molecule has 0 unspecified atom stereocenters. The van der Waals surface area contributed by atoms with E-state index in [1.165, 1.54) is 23.4 Å². The van der Waals surface area contributed by atoms with E-state index in [1.807, 2.05) is 0 Å². The molecule has 0 fully saturated rings. The summed E-state index contributed by atoms with van der Waals surface area (Å²) in [5.41, 5.74) is 0.673. The highest BCUT2D eigenvalue weighted by atomic mass is 35.5. The molecule has 0 atom stereocenters. The van der Waals surface area contributed by atoms with Gasteiger partial charge in [0.25, 0.3) is 5.91 Å². The number of hydrogen-bond donors (Lipinski definition) is 1. The molecule has 6 nitrogen and oxygen atoms in total. The van der Waals surface area contributed by atoms with Crippen LogP contribution in [0.2, 0.25) is 23.2 Å². The number of alkyl halides is 3. The van der Waals surface area contributed by atoms with Crippen LogP contribution in [-0.4, -0.2) is 42.3 Å². The molecule has 1 amide bonds. The van der Waals surface area contributed by atoms with Crippen LogP contribution >= 0.6 is 11.6 Å². The molecule has 3 aromatic rings. The van der Waals surface area contributed by atoms with Crippen molar-refractivity contribution in [3.63, 3.8) is 0 Å². The van der Waals surface area contributed by atoms with Crippen LogP contribution in [0.15, 0.2) is 30.6 Å². The predicted octanol–water partition coefficient (Wildman–Crippen LogP) is 6.61. The van der Waals surface area contributed by atoms with Crippen molar-refractivity contribution in [2.24, 2.45) is 0 Å². The van der Waals surface area contributed by atoms with Gasteiger partial charge in [0.15, 0.2) is 14.1 Å². The number of aromatic nitrogens is 3. The number of anilines is 1. The molecule has 2 heterocycles. The number of fused-ring (bicyclic) bond motifs is 1. The smallest absolute Gasteiger partial charge is 0.415 e. The van der Waals surface area contributed by atoms with Gasteiger partial charge in [-0.3, -0.25) is 9.78 Å². The van der Waals surface area contributed by atoms with E-state index in [1.54, 1.807) is 6.92 Å². The topological polar surface area (TPSA) is 71.1 Å². The van der Waals surface area contributed by atoms with Crippen LogP contribution in [-0.2, 0) is 10.6 Å². The second kappa shape index (κ2) is 9.31. The lowest BCUT2D eigenvalue weighted by atomic mass is 10.2. The minimum atomic E-state index is -4.51. The number of carbonyl (C=O) groups excluding carboxylic acids is 1. The summed E-state index contributed by atoms with van der Waals surface area (Å²) in [7, 11) is -2.07. The maximum absolute atomic E-state index is 13.5. The Kier molecular flexibility index (Phi) is 7.17. The zero-order valence-electron chi connectivity index (χ0n) is 20.0. The minimum Gasteiger partial charge on any atom is -0.415 e. The van der Waals surface area contributed by atoms with E-state index >= 15 is 0 Å². The quantitative estimate of drug-likeness (QED) is 0.377. The largest absolute Gasteiger partial charge is 0.416 e. The Labute approximate surface area is 202 Å². The Morgan fingerprint density at radius 1 is 1.21 bits per heavy atom. The zero-order chi connectivity index (χ0) is 25.5. The van der Waals surface area contributed by atoms with Crippen molar-refractivity contribution in [2.75, 3.05) is 18.1 Å². The summed E-state index contributed by atoms with van der Waals surface area (Å²) in [6.45, 7) is 12.8. The molecule has 0 aliphatic rings. The van der Waals surface area contributed by atoms with Crippen LogP contribution in [0.1, 0.15) is 42.5 Å². The standard InChI is InChI=1S/C23H28ClF3N4O2Si/c1-14-16(24)12-28-13-19(14)31(9-10-33-34(5,6)22(2,3)4)21(32)20-29-17-8-7-15(23(25,26)27)11-18(17)30-20/h7-8,11-13H,9-10H2,1-6H3,(H,29,30). The van der Waals surface area contributed by atoms with Crippen molar-refractivity contribution in [1.82, 2.24) is 15.0 Å². The molecule has 0 spiro atoms. The summed E-state index contributed by atoms with van der Waals surface area (Å²) in [4.78, 5) is 26.0. The third-order valence-electron chi connectivity index (χ3n) is 6.26. The van der Waals surface area contributed by atoms with Crippen molar-refractivity contribution >= 4 is 42.5 Å². The van der Waals surface area contributed by atoms with Crippen LogP contribution in [0.4, 0.5) is 18.9 Å². The van der Waals surface area contributed by atoms with Crippen LogP contribution in [0.5, 0.6) is 0 Å². The fourth-order valence-electron chi connectivity index (χ4n) is 3.11. The molecule has 2 aromatic heterocycles. The van der Waals surface area contributed by atoms with Gasteiger partial charge in [-0.2, -0.15) is 13.2 Å². The fourth-order valence-corrected chi connectivity index (χ4v) is 4.30. The lowest BCUT2D eigenvalue weighted by molar-refractivity contribution is -0.137. The first-order valence-corrected chi connectivity index (χ1v) is 14.0. The highest BCUT2D eigenvalue weighted by Gasteiger charge is 2.37. The third kappa shape index (κ3) is 5.45. The average molecular weight is 513 g/mol. The number of benzene rings is 1. The molecular weight excluding hydrogens is 485 g/mol. The number of rotatable bonds is 6. The molecule has 0 saturated heterocycles. The fraction of sp³-hybridized carbons (Fsp3) is 0.435. The number of H-pyrrole nitrogens is 1. The number of nitrogens with zero attached hydrogens (tertiary/aromatic N) is 3. The van der Waals surface area contributed by atoms with Gasteiger partial charge in [0.05, 0.1) is 40.1 Å². The molecule has 1 N–H and O–H groups in total. The number of imidazole rings is 1. The van der Waals surface area contributed by atoms with Crippen LogP contribution < -0.4 is 4.90 Å². The SMILES string of the molecule is Cc1c(Cl)cncc1N(CCO[Si](C)(C)C(C)(C)C)C(=O)c1nc2cc(C(F)(F)F)ccc2[nH]1. The summed E-state index contributed by atoms with van der Waals surface area (Å²) in [5, 5.41) is 0.379. The van der Waals surface area contributed by atoms with E-state index in [0.29, 0.717) is 21.8 Å². The lowest BCUT2D eigenvalue weighted by Gasteiger charge is -2.36. The molecule has 0 saturated carbocycles. The zero-order valence-corrected chi connectivity index (χ0v) is 21.7. The molecule has 1 aromatic carbocycles. The monoisotopic (exact) mass is 512 g/mol. The van der Waals surface area contributed by atoms with Gasteiger partial charge < -0.3 is 14.3 Å². The van der Waals surface area contributed by atoms with Gasteiger partial charge >= 0.3 is 6.18 Å². The Bertz CT molecular complexity index is 1210. The first-order chi connectivity index (χ1) is 15.6.